The van der Waals surface area contributed by atoms with Crippen LogP contribution in [0.5, 0.6) is 5.75 Å². The fourth-order valence-electron chi connectivity index (χ4n) is 1.44. The maximum Gasteiger partial charge on any atom is 0.143 e. The molecular formula is C13H13BrN2OS. The summed E-state index contributed by atoms with van der Waals surface area (Å²) in [5, 5.41) is 0.887. The van der Waals surface area contributed by atoms with E-state index in [2.05, 4.69) is 20.9 Å². The number of aromatic nitrogens is 1. The quantitative estimate of drug-likeness (QED) is 0.864. The van der Waals surface area contributed by atoms with Crippen LogP contribution in [-0.4, -0.2) is 11.6 Å². The van der Waals surface area contributed by atoms with Gasteiger partial charge < -0.3 is 10.5 Å². The smallest absolute Gasteiger partial charge is 0.143 e. The molecule has 0 amide bonds. The second-order valence-corrected chi connectivity index (χ2v) is 5.38. The predicted molar refractivity (Wildman–Crippen MR) is 78.1 cm³/mol. The van der Waals surface area contributed by atoms with Gasteiger partial charge in [-0.2, -0.15) is 0 Å². The van der Waals surface area contributed by atoms with Crippen LogP contribution in [0.25, 0.3) is 0 Å². The lowest BCUT2D eigenvalue weighted by molar-refractivity contribution is 0.341. The Hall–Kier alpha value is -1.20. The second-order valence-electron chi connectivity index (χ2n) is 3.49. The molecule has 2 rings (SSSR count). The Labute approximate surface area is 119 Å². The molecule has 2 aromatic rings. The number of nitrogens with zero attached hydrogens (tertiary/aromatic N) is 1. The van der Waals surface area contributed by atoms with Gasteiger partial charge in [-0.25, -0.2) is 4.98 Å². The van der Waals surface area contributed by atoms with Gasteiger partial charge in [-0.15, -0.1) is 0 Å². The van der Waals surface area contributed by atoms with Gasteiger partial charge in [0.15, 0.2) is 0 Å². The van der Waals surface area contributed by atoms with Crippen molar-refractivity contribution in [2.75, 3.05) is 12.3 Å². The van der Waals surface area contributed by atoms with Crippen LogP contribution in [0.15, 0.2) is 50.9 Å². The Morgan fingerprint density at radius 3 is 2.89 bits per heavy atom. The van der Waals surface area contributed by atoms with Gasteiger partial charge in [0.1, 0.15) is 10.8 Å². The molecule has 0 bridgehead atoms. The molecule has 1 heterocycles. The summed E-state index contributed by atoms with van der Waals surface area (Å²) in [6, 6.07) is 9.60. The number of halogens is 1. The number of hydrogen-bond donors (Lipinski definition) is 1. The summed E-state index contributed by atoms with van der Waals surface area (Å²) in [5.74, 6) is 0.717. The number of hydrogen-bond acceptors (Lipinski definition) is 4. The zero-order chi connectivity index (χ0) is 13.0. The number of ether oxygens (including phenoxy) is 1. The number of benzene rings is 1. The molecular weight excluding hydrogens is 312 g/mol. The van der Waals surface area contributed by atoms with Crippen LogP contribution in [0.4, 0.5) is 5.69 Å². The number of nitrogen functional groups attached to an aromatic ring is 1. The molecule has 0 aliphatic heterocycles. The minimum Gasteiger partial charge on any atom is -0.492 e. The molecule has 0 unspecified atom stereocenters. The van der Waals surface area contributed by atoms with Crippen molar-refractivity contribution in [1.82, 2.24) is 4.98 Å². The summed E-state index contributed by atoms with van der Waals surface area (Å²) in [4.78, 5) is 5.25. The molecule has 0 saturated carbocycles. The molecule has 18 heavy (non-hydrogen) atoms. The lowest BCUT2D eigenvalue weighted by Crippen LogP contribution is -1.98. The highest BCUT2D eigenvalue weighted by Crippen LogP contribution is 2.38. The molecule has 2 N–H and O–H groups in total. The number of nitrogens with two attached hydrogens (primary N) is 1. The maximum atomic E-state index is 6.08. The van der Waals surface area contributed by atoms with Gasteiger partial charge in [0.25, 0.3) is 0 Å². The third-order valence-corrected chi connectivity index (χ3v) is 4.25. The van der Waals surface area contributed by atoms with Crippen molar-refractivity contribution in [3.8, 4) is 5.75 Å². The zero-order valence-corrected chi connectivity index (χ0v) is 12.3. The van der Waals surface area contributed by atoms with E-state index in [1.807, 2.05) is 37.3 Å². The Morgan fingerprint density at radius 1 is 1.33 bits per heavy atom. The number of anilines is 1. The molecule has 5 heteroatoms. The van der Waals surface area contributed by atoms with E-state index in [4.69, 9.17) is 10.5 Å². The molecule has 0 aliphatic carbocycles. The molecule has 0 fully saturated rings. The molecule has 0 atom stereocenters. The van der Waals surface area contributed by atoms with Gasteiger partial charge in [0.2, 0.25) is 0 Å². The Kier molecular flexibility index (Phi) is 4.49. The Balaban J connectivity index is 2.30. The summed E-state index contributed by atoms with van der Waals surface area (Å²) >= 11 is 4.99. The van der Waals surface area contributed by atoms with Crippen molar-refractivity contribution in [1.29, 1.82) is 0 Å². The fourth-order valence-corrected chi connectivity index (χ4v) is 2.79. The normalized spacial score (nSPS) is 10.3. The first-order chi connectivity index (χ1) is 8.72. The van der Waals surface area contributed by atoms with Gasteiger partial charge in [0, 0.05) is 11.1 Å². The van der Waals surface area contributed by atoms with E-state index in [0.717, 1.165) is 20.1 Å². The molecule has 1 aromatic heterocycles. The zero-order valence-electron chi connectivity index (χ0n) is 9.89. The van der Waals surface area contributed by atoms with Gasteiger partial charge >= 0.3 is 0 Å². The third-order valence-electron chi connectivity index (χ3n) is 2.26. The van der Waals surface area contributed by atoms with Crippen LogP contribution in [0.2, 0.25) is 0 Å². The minimum atomic E-state index is 0.603. The monoisotopic (exact) mass is 324 g/mol. The van der Waals surface area contributed by atoms with Gasteiger partial charge in [-0.05, 0) is 47.1 Å². The first kappa shape index (κ1) is 13.2. The summed E-state index contributed by atoms with van der Waals surface area (Å²) in [5.41, 5.74) is 6.73. The molecule has 0 radical (unpaired) electrons. The van der Waals surface area contributed by atoms with E-state index in [0.29, 0.717) is 12.3 Å². The average molecular weight is 325 g/mol. The van der Waals surface area contributed by atoms with E-state index in [-0.39, 0.29) is 0 Å². The van der Waals surface area contributed by atoms with Crippen LogP contribution in [0.1, 0.15) is 6.92 Å². The van der Waals surface area contributed by atoms with Crippen molar-refractivity contribution >= 4 is 33.4 Å². The standard InChI is InChI=1S/C13H13BrN2OS/c1-2-17-10-6-3-7-11(12(10)15)18-13-9(14)5-4-8-16-13/h3-8H,2,15H2,1H3. The molecule has 0 aliphatic rings. The van der Waals surface area contributed by atoms with Crippen molar-refractivity contribution in [3.63, 3.8) is 0 Å². The van der Waals surface area contributed by atoms with E-state index < -0.39 is 0 Å². The summed E-state index contributed by atoms with van der Waals surface area (Å²) in [6.45, 7) is 2.54. The van der Waals surface area contributed by atoms with Crippen molar-refractivity contribution in [2.24, 2.45) is 0 Å². The molecule has 3 nitrogen and oxygen atoms in total. The average Bonchev–Trinajstić information content (AvgIpc) is 2.37. The third kappa shape index (κ3) is 2.97. The van der Waals surface area contributed by atoms with E-state index in [1.165, 1.54) is 11.8 Å². The first-order valence-electron chi connectivity index (χ1n) is 5.52. The van der Waals surface area contributed by atoms with E-state index >= 15 is 0 Å². The lowest BCUT2D eigenvalue weighted by atomic mass is 10.3. The Bertz CT molecular complexity index is 548. The molecule has 1 aromatic carbocycles. The summed E-state index contributed by atoms with van der Waals surface area (Å²) in [7, 11) is 0. The summed E-state index contributed by atoms with van der Waals surface area (Å²) in [6.07, 6.45) is 1.76. The van der Waals surface area contributed by atoms with Gasteiger partial charge in [0.05, 0.1) is 16.8 Å². The van der Waals surface area contributed by atoms with Crippen molar-refractivity contribution in [2.45, 2.75) is 16.8 Å². The topological polar surface area (TPSA) is 48.1 Å². The van der Waals surface area contributed by atoms with Crippen LogP contribution in [0, 0.1) is 0 Å². The molecule has 94 valence electrons. The molecule has 0 saturated heterocycles. The van der Waals surface area contributed by atoms with E-state index in [1.54, 1.807) is 6.20 Å². The number of rotatable bonds is 4. The maximum absolute atomic E-state index is 6.08. The lowest BCUT2D eigenvalue weighted by Gasteiger charge is -2.10. The van der Waals surface area contributed by atoms with Crippen molar-refractivity contribution in [3.05, 3.63) is 41.0 Å². The number of para-hydroxylation sites is 1. The highest BCUT2D eigenvalue weighted by Gasteiger charge is 2.09. The van der Waals surface area contributed by atoms with Gasteiger partial charge in [-0.1, -0.05) is 17.8 Å². The Morgan fingerprint density at radius 2 is 2.17 bits per heavy atom. The molecule has 0 spiro atoms. The predicted octanol–water partition coefficient (Wildman–Crippen LogP) is 3.98. The van der Waals surface area contributed by atoms with Crippen LogP contribution >= 0.6 is 27.7 Å². The minimum absolute atomic E-state index is 0.603. The highest BCUT2D eigenvalue weighted by molar-refractivity contribution is 9.10. The van der Waals surface area contributed by atoms with E-state index in [9.17, 15) is 0 Å². The fraction of sp³-hybridized carbons (Fsp3) is 0.154. The largest absolute Gasteiger partial charge is 0.492 e. The number of pyridine rings is 1. The second kappa shape index (κ2) is 6.11. The van der Waals surface area contributed by atoms with Crippen LogP contribution < -0.4 is 10.5 Å². The summed E-state index contributed by atoms with van der Waals surface area (Å²) < 4.78 is 6.43. The van der Waals surface area contributed by atoms with Crippen LogP contribution in [-0.2, 0) is 0 Å². The highest BCUT2D eigenvalue weighted by atomic mass is 79.9. The first-order valence-corrected chi connectivity index (χ1v) is 7.13. The SMILES string of the molecule is CCOc1cccc(Sc2ncccc2Br)c1N. The van der Waals surface area contributed by atoms with Gasteiger partial charge in [-0.3, -0.25) is 0 Å². The van der Waals surface area contributed by atoms with Crippen LogP contribution in [0.3, 0.4) is 0 Å². The van der Waals surface area contributed by atoms with Crippen molar-refractivity contribution < 1.29 is 4.74 Å².